The van der Waals surface area contributed by atoms with Crippen molar-refractivity contribution in [2.45, 2.75) is 133 Å². The fraction of sp³-hybridized carbons (Fsp3) is 0.967. The summed E-state index contributed by atoms with van der Waals surface area (Å²) in [6.07, 6.45) is 5.56. The van der Waals surface area contributed by atoms with Gasteiger partial charge in [0.2, 0.25) is 0 Å². The molecular weight excluding hydrogens is 565 g/mol. The molecule has 1 aliphatic carbocycles. The summed E-state index contributed by atoms with van der Waals surface area (Å²) < 4.78 is 49.5. The number of ether oxygens (including phenoxy) is 1. The first-order valence-electron chi connectivity index (χ1n) is 16.4. The molecule has 240 valence electrons. The number of nitrogens with one attached hydrogen (secondary N) is 4. The molecule has 7 unspecified atom stereocenters. The van der Waals surface area contributed by atoms with Crippen molar-refractivity contribution < 1.29 is 22.7 Å². The minimum Gasteiger partial charge on any atom is -0.368 e. The summed E-state index contributed by atoms with van der Waals surface area (Å²) in [5.41, 5.74) is -1.52. The topological polar surface area (TPSA) is 80.9 Å². The highest BCUT2D eigenvalue weighted by Gasteiger charge is 2.62. The standard InChI is InChI=1S/C30H51F3N6O2S/c1-28(2)17-20-5-4-14-34-23-6-3-7-25(36-23)42-35-18-21-8-9-24(37-26(21)39(28)19-20)38-15-10-22(27(38)40)41-16-13-29(11-12-29)30(31,32)33/h20-26,34-37H,3-19H2,1-2H3/t20-,21?,22?,23?,24?,25?,26?/m0/s1. The van der Waals surface area contributed by atoms with E-state index in [1.54, 1.807) is 0 Å². The van der Waals surface area contributed by atoms with Gasteiger partial charge in [-0.3, -0.25) is 25.1 Å². The molecule has 6 fully saturated rings. The van der Waals surface area contributed by atoms with E-state index in [4.69, 9.17) is 4.74 Å². The van der Waals surface area contributed by atoms with Gasteiger partial charge in [0.15, 0.2) is 0 Å². The number of amides is 1. The quantitative estimate of drug-likeness (QED) is 0.344. The monoisotopic (exact) mass is 616 g/mol. The Morgan fingerprint density at radius 1 is 1.05 bits per heavy atom. The number of nitrogens with zero attached hydrogens (tertiary/aromatic N) is 2. The number of halogens is 3. The second-order valence-electron chi connectivity index (χ2n) is 14.4. The number of hydrogen-bond acceptors (Lipinski definition) is 8. The Kier molecular flexibility index (Phi) is 9.43. The molecule has 8 nitrogen and oxygen atoms in total. The van der Waals surface area contributed by atoms with Crippen molar-refractivity contribution in [2.24, 2.45) is 17.3 Å². The number of alkyl halides is 3. The molecule has 1 amide bonds. The highest BCUT2D eigenvalue weighted by molar-refractivity contribution is 7.98. The van der Waals surface area contributed by atoms with E-state index >= 15 is 0 Å². The Bertz CT molecular complexity index is 952. The van der Waals surface area contributed by atoms with E-state index in [1.807, 2.05) is 16.8 Å². The first-order valence-corrected chi connectivity index (χ1v) is 17.3. The van der Waals surface area contributed by atoms with Crippen LogP contribution < -0.4 is 20.7 Å². The third kappa shape index (κ3) is 6.79. The van der Waals surface area contributed by atoms with Crippen molar-refractivity contribution in [1.29, 1.82) is 0 Å². The largest absolute Gasteiger partial charge is 0.394 e. The maximum absolute atomic E-state index is 13.4. The van der Waals surface area contributed by atoms with Crippen molar-refractivity contribution in [3.05, 3.63) is 0 Å². The second-order valence-corrected chi connectivity index (χ2v) is 15.5. The highest BCUT2D eigenvalue weighted by Crippen LogP contribution is 2.60. The van der Waals surface area contributed by atoms with Crippen LogP contribution in [0.5, 0.6) is 0 Å². The molecule has 0 radical (unpaired) electrons. The summed E-state index contributed by atoms with van der Waals surface area (Å²) >= 11 is 1.83. The smallest absolute Gasteiger partial charge is 0.368 e. The maximum Gasteiger partial charge on any atom is 0.394 e. The lowest BCUT2D eigenvalue weighted by atomic mass is 9.90. The lowest BCUT2D eigenvalue weighted by molar-refractivity contribution is -0.192. The van der Waals surface area contributed by atoms with Crippen LogP contribution in [0.15, 0.2) is 0 Å². The van der Waals surface area contributed by atoms with Crippen LogP contribution in [0.4, 0.5) is 13.2 Å². The van der Waals surface area contributed by atoms with Crippen molar-refractivity contribution in [3.8, 4) is 0 Å². The Balaban J connectivity index is 1.10. The maximum atomic E-state index is 13.4. The third-order valence-corrected chi connectivity index (χ3v) is 12.0. The van der Waals surface area contributed by atoms with Crippen LogP contribution in [0.25, 0.3) is 0 Å². The van der Waals surface area contributed by atoms with E-state index in [0.29, 0.717) is 36.3 Å². The van der Waals surface area contributed by atoms with Crippen LogP contribution >= 0.6 is 11.9 Å². The van der Waals surface area contributed by atoms with E-state index in [2.05, 4.69) is 39.4 Å². The van der Waals surface area contributed by atoms with Crippen molar-refractivity contribution >= 4 is 17.9 Å². The number of carbonyl (C=O) groups excluding carboxylic acids is 1. The first kappa shape index (κ1) is 31.4. The fourth-order valence-corrected chi connectivity index (χ4v) is 9.31. The predicted octanol–water partition coefficient (Wildman–Crippen LogP) is 4.14. The number of likely N-dealkylation sites (tertiary alicyclic amines) is 1. The summed E-state index contributed by atoms with van der Waals surface area (Å²) in [7, 11) is 0. The molecule has 0 aromatic rings. The van der Waals surface area contributed by atoms with Crippen molar-refractivity contribution in [2.75, 3.05) is 32.8 Å². The molecule has 12 heteroatoms. The third-order valence-electron chi connectivity index (χ3n) is 11.0. The van der Waals surface area contributed by atoms with Crippen LogP contribution in [-0.2, 0) is 9.53 Å². The van der Waals surface area contributed by atoms with Gasteiger partial charge in [0.05, 0.1) is 29.3 Å². The molecule has 5 heterocycles. The molecule has 6 aliphatic rings. The summed E-state index contributed by atoms with van der Waals surface area (Å²) in [5, 5.41) is 11.9. The second kappa shape index (κ2) is 12.6. The van der Waals surface area contributed by atoms with Gasteiger partial charge in [-0.25, -0.2) is 0 Å². The summed E-state index contributed by atoms with van der Waals surface area (Å²) in [6, 6.07) is 0. The number of fused-ring (bicyclic) bond motifs is 6. The van der Waals surface area contributed by atoms with Gasteiger partial charge in [-0.05, 0) is 96.9 Å². The number of piperidine rings is 2. The minimum absolute atomic E-state index is 0.00857. The summed E-state index contributed by atoms with van der Waals surface area (Å²) in [4.78, 5) is 18.0. The van der Waals surface area contributed by atoms with E-state index in [0.717, 1.165) is 32.5 Å². The first-order chi connectivity index (χ1) is 20.0. The number of carbonyl (C=O) groups is 1. The van der Waals surface area contributed by atoms with Gasteiger partial charge in [0.1, 0.15) is 6.10 Å². The molecular formula is C30H51F3N6O2S. The molecule has 4 N–H and O–H groups in total. The Hall–Kier alpha value is -0.630. The molecule has 4 bridgehead atoms. The SMILES string of the molecule is CC1(C)C[C@@H]2CCCNC3CCCC(N3)SNCC3CCC(N4CCC(OCCC5(C(F)(F)F)CC5)C4=O)NC3N1C2. The minimum atomic E-state index is -4.18. The van der Waals surface area contributed by atoms with E-state index in [-0.39, 0.29) is 49.6 Å². The van der Waals surface area contributed by atoms with Gasteiger partial charge >= 0.3 is 6.18 Å². The molecule has 5 aliphatic heterocycles. The van der Waals surface area contributed by atoms with Gasteiger partial charge in [-0.1, -0.05) is 11.9 Å². The molecule has 0 aromatic heterocycles. The predicted molar refractivity (Wildman–Crippen MR) is 158 cm³/mol. The van der Waals surface area contributed by atoms with Gasteiger partial charge in [-0.15, -0.1) is 0 Å². The van der Waals surface area contributed by atoms with Crippen LogP contribution in [-0.4, -0.2) is 90.2 Å². The lowest BCUT2D eigenvalue weighted by Crippen LogP contribution is -2.65. The van der Waals surface area contributed by atoms with E-state index < -0.39 is 17.7 Å². The Morgan fingerprint density at radius 3 is 2.67 bits per heavy atom. The van der Waals surface area contributed by atoms with Crippen LogP contribution in [0.2, 0.25) is 0 Å². The average molecular weight is 617 g/mol. The Labute approximate surface area is 253 Å². The zero-order valence-corrected chi connectivity index (χ0v) is 26.1. The Morgan fingerprint density at radius 2 is 1.88 bits per heavy atom. The zero-order valence-electron chi connectivity index (χ0n) is 25.3. The van der Waals surface area contributed by atoms with Gasteiger partial charge in [0.25, 0.3) is 5.91 Å². The average Bonchev–Trinajstić information content (AvgIpc) is 3.57. The van der Waals surface area contributed by atoms with Gasteiger partial charge in [0, 0.05) is 44.1 Å². The summed E-state index contributed by atoms with van der Waals surface area (Å²) in [5.74, 6) is 0.996. The molecule has 8 atom stereocenters. The number of hydrogen-bond donors (Lipinski definition) is 4. The molecule has 0 spiro atoms. The number of rotatable bonds is 5. The van der Waals surface area contributed by atoms with Crippen molar-refractivity contribution in [3.63, 3.8) is 0 Å². The van der Waals surface area contributed by atoms with Gasteiger partial charge in [-0.2, -0.15) is 13.2 Å². The highest BCUT2D eigenvalue weighted by atomic mass is 32.2. The zero-order chi connectivity index (χ0) is 29.5. The van der Waals surface area contributed by atoms with Gasteiger partial charge < -0.3 is 15.0 Å². The molecule has 1 saturated carbocycles. The normalized spacial score (nSPS) is 40.7. The summed E-state index contributed by atoms with van der Waals surface area (Å²) in [6.45, 7) is 8.33. The fourth-order valence-electron chi connectivity index (χ4n) is 8.28. The molecule has 5 saturated heterocycles. The van der Waals surface area contributed by atoms with Crippen LogP contribution in [0.3, 0.4) is 0 Å². The molecule has 6 rings (SSSR count). The van der Waals surface area contributed by atoms with Crippen molar-refractivity contribution in [1.82, 2.24) is 30.5 Å². The van der Waals surface area contributed by atoms with E-state index in [1.165, 1.54) is 38.5 Å². The van der Waals surface area contributed by atoms with Crippen LogP contribution in [0.1, 0.15) is 90.9 Å². The lowest BCUT2D eigenvalue weighted by Gasteiger charge is -2.49. The van der Waals surface area contributed by atoms with E-state index in [9.17, 15) is 18.0 Å². The molecule has 0 aromatic carbocycles. The van der Waals surface area contributed by atoms with Crippen LogP contribution in [0, 0.1) is 17.3 Å². The molecule has 42 heavy (non-hydrogen) atoms.